The summed E-state index contributed by atoms with van der Waals surface area (Å²) in [6.45, 7) is 0. The first-order chi connectivity index (χ1) is 10.5. The lowest BCUT2D eigenvalue weighted by Gasteiger charge is -2.35. The number of aliphatic hydroxyl groups excluding tert-OH is 1. The van der Waals surface area contributed by atoms with Gasteiger partial charge in [-0.05, 0) is 12.1 Å². The van der Waals surface area contributed by atoms with Crippen LogP contribution >= 0.6 is 0 Å². The lowest BCUT2D eigenvalue weighted by atomic mass is 9.91. The summed E-state index contributed by atoms with van der Waals surface area (Å²) in [6.07, 6.45) is -7.67. The van der Waals surface area contributed by atoms with Crippen molar-refractivity contribution < 1.29 is 35.8 Å². The lowest BCUT2D eigenvalue weighted by molar-refractivity contribution is -0.134. The van der Waals surface area contributed by atoms with Gasteiger partial charge < -0.3 is 9.84 Å². The number of hydrogen-bond donors (Lipinski definition) is 1. The lowest BCUT2D eigenvalue weighted by Crippen LogP contribution is -2.43. The minimum absolute atomic E-state index is 0.209. The standard InChI is InChI=1S/C14H14F4O4S/c1-23(20,21)8-3-2-7(22-6-4-14(17,18)5-6)9-10(8)13(19)12(16)11(9)15/h2-3,6,11-13,19H,4-5H2,1H3. The number of aliphatic hydroxyl groups is 1. The molecule has 1 aromatic carbocycles. The minimum Gasteiger partial charge on any atom is -0.490 e. The molecule has 0 saturated heterocycles. The second-order valence-electron chi connectivity index (χ2n) is 5.96. The van der Waals surface area contributed by atoms with Crippen molar-refractivity contribution in [2.45, 2.75) is 48.2 Å². The van der Waals surface area contributed by atoms with Crippen LogP contribution in [0.5, 0.6) is 5.75 Å². The van der Waals surface area contributed by atoms with Gasteiger partial charge in [0.1, 0.15) is 18.0 Å². The van der Waals surface area contributed by atoms with E-state index in [2.05, 4.69) is 0 Å². The molecule has 0 aromatic heterocycles. The third kappa shape index (κ3) is 2.69. The number of benzene rings is 1. The van der Waals surface area contributed by atoms with E-state index in [0.29, 0.717) is 0 Å². The van der Waals surface area contributed by atoms with E-state index in [0.717, 1.165) is 18.4 Å². The molecular formula is C14H14F4O4S. The summed E-state index contributed by atoms with van der Waals surface area (Å²) in [6, 6.07) is 2.18. The van der Waals surface area contributed by atoms with Crippen LogP contribution in [0.2, 0.25) is 0 Å². The predicted octanol–water partition coefficient (Wildman–Crippen LogP) is 2.66. The summed E-state index contributed by atoms with van der Waals surface area (Å²) >= 11 is 0. The maximum atomic E-state index is 14.2. The molecule has 3 rings (SSSR count). The first kappa shape index (κ1) is 16.5. The number of rotatable bonds is 3. The largest absolute Gasteiger partial charge is 0.490 e. The zero-order valence-electron chi connectivity index (χ0n) is 12.0. The van der Waals surface area contributed by atoms with Crippen LogP contribution in [-0.4, -0.2) is 38.0 Å². The highest BCUT2D eigenvalue weighted by Gasteiger charge is 2.49. The molecule has 2 aliphatic carbocycles. The molecule has 2 aliphatic rings. The summed E-state index contributed by atoms with van der Waals surface area (Å²) in [5.41, 5.74) is -0.806. The van der Waals surface area contributed by atoms with Gasteiger partial charge in [-0.2, -0.15) is 0 Å². The number of alkyl halides is 4. The summed E-state index contributed by atoms with van der Waals surface area (Å²) < 4.78 is 82.4. The minimum atomic E-state index is -3.83. The number of fused-ring (bicyclic) bond motifs is 1. The Balaban J connectivity index is 2.04. The van der Waals surface area contributed by atoms with Crippen molar-refractivity contribution in [2.75, 3.05) is 6.26 Å². The molecule has 3 atom stereocenters. The summed E-state index contributed by atoms with van der Waals surface area (Å²) in [4.78, 5) is -0.394. The second-order valence-corrected chi connectivity index (χ2v) is 7.94. The van der Waals surface area contributed by atoms with E-state index < -0.39 is 69.2 Å². The highest BCUT2D eigenvalue weighted by Crippen LogP contribution is 2.51. The van der Waals surface area contributed by atoms with Gasteiger partial charge in [-0.3, -0.25) is 0 Å². The number of halogens is 4. The summed E-state index contributed by atoms with van der Waals surface area (Å²) in [7, 11) is -3.83. The first-order valence-corrected chi connectivity index (χ1v) is 8.78. The van der Waals surface area contributed by atoms with Crippen molar-refractivity contribution in [1.29, 1.82) is 0 Å². The molecule has 0 radical (unpaired) electrons. The molecule has 0 heterocycles. The number of sulfone groups is 1. The van der Waals surface area contributed by atoms with Gasteiger partial charge in [0.2, 0.25) is 0 Å². The molecule has 0 spiro atoms. The first-order valence-electron chi connectivity index (χ1n) is 6.89. The third-order valence-electron chi connectivity index (χ3n) is 4.11. The SMILES string of the molecule is CS(=O)(=O)c1ccc(OC2CC(F)(F)C2)c2c1C(O)C(F)C2F. The molecule has 1 N–H and O–H groups in total. The Morgan fingerprint density at radius 2 is 1.83 bits per heavy atom. The molecule has 4 nitrogen and oxygen atoms in total. The number of ether oxygens (including phenoxy) is 1. The highest BCUT2D eigenvalue weighted by atomic mass is 32.2. The smallest absolute Gasteiger partial charge is 0.255 e. The molecule has 9 heteroatoms. The molecule has 0 amide bonds. The van der Waals surface area contributed by atoms with E-state index in [4.69, 9.17) is 4.74 Å². The van der Waals surface area contributed by atoms with E-state index in [-0.39, 0.29) is 5.75 Å². The van der Waals surface area contributed by atoms with Crippen LogP contribution in [0.4, 0.5) is 17.6 Å². The van der Waals surface area contributed by atoms with Gasteiger partial charge in [0, 0.05) is 30.2 Å². The van der Waals surface area contributed by atoms with E-state index in [9.17, 15) is 31.1 Å². The monoisotopic (exact) mass is 354 g/mol. The average Bonchev–Trinajstić information content (AvgIpc) is 2.61. The topological polar surface area (TPSA) is 63.6 Å². The van der Waals surface area contributed by atoms with E-state index in [1.165, 1.54) is 0 Å². The van der Waals surface area contributed by atoms with Crippen molar-refractivity contribution in [1.82, 2.24) is 0 Å². The Bertz CT molecular complexity index is 741. The molecular weight excluding hydrogens is 340 g/mol. The zero-order valence-corrected chi connectivity index (χ0v) is 12.8. The maximum absolute atomic E-state index is 14.2. The molecule has 23 heavy (non-hydrogen) atoms. The van der Waals surface area contributed by atoms with Gasteiger partial charge in [-0.1, -0.05) is 0 Å². The fraction of sp³-hybridized carbons (Fsp3) is 0.571. The van der Waals surface area contributed by atoms with Crippen molar-refractivity contribution in [3.05, 3.63) is 23.3 Å². The molecule has 1 aromatic rings. The van der Waals surface area contributed by atoms with Crippen LogP contribution < -0.4 is 4.74 Å². The molecule has 0 aliphatic heterocycles. The Hall–Kier alpha value is -1.35. The predicted molar refractivity (Wildman–Crippen MR) is 71.9 cm³/mol. The van der Waals surface area contributed by atoms with Crippen molar-refractivity contribution in [2.24, 2.45) is 0 Å². The Kier molecular flexibility index (Phi) is 3.64. The van der Waals surface area contributed by atoms with Gasteiger partial charge in [-0.25, -0.2) is 26.0 Å². The van der Waals surface area contributed by atoms with Crippen molar-refractivity contribution in [3.8, 4) is 5.75 Å². The third-order valence-corrected chi connectivity index (χ3v) is 5.26. The summed E-state index contributed by atoms with van der Waals surface area (Å²) in [5, 5.41) is 9.82. The van der Waals surface area contributed by atoms with Crippen LogP contribution in [0.3, 0.4) is 0 Å². The van der Waals surface area contributed by atoms with Gasteiger partial charge in [0.15, 0.2) is 22.2 Å². The van der Waals surface area contributed by atoms with Crippen LogP contribution in [0.25, 0.3) is 0 Å². The molecule has 1 saturated carbocycles. The van der Waals surface area contributed by atoms with Gasteiger partial charge >= 0.3 is 0 Å². The Labute approximate surface area is 130 Å². The van der Waals surface area contributed by atoms with Crippen LogP contribution in [0.1, 0.15) is 36.2 Å². The maximum Gasteiger partial charge on any atom is 0.255 e. The fourth-order valence-electron chi connectivity index (χ4n) is 2.96. The molecule has 3 unspecified atom stereocenters. The molecule has 128 valence electrons. The molecule has 1 fully saturated rings. The fourth-order valence-corrected chi connectivity index (χ4v) is 3.91. The Morgan fingerprint density at radius 3 is 2.35 bits per heavy atom. The molecule has 0 bridgehead atoms. The number of hydrogen-bond acceptors (Lipinski definition) is 4. The quantitative estimate of drug-likeness (QED) is 0.848. The van der Waals surface area contributed by atoms with Gasteiger partial charge in [0.25, 0.3) is 5.92 Å². The second kappa shape index (κ2) is 5.07. The van der Waals surface area contributed by atoms with E-state index in [1.54, 1.807) is 0 Å². The van der Waals surface area contributed by atoms with E-state index >= 15 is 0 Å². The highest BCUT2D eigenvalue weighted by molar-refractivity contribution is 7.90. The zero-order chi connectivity index (χ0) is 17.2. The van der Waals surface area contributed by atoms with E-state index in [1.807, 2.05) is 0 Å². The van der Waals surface area contributed by atoms with Crippen LogP contribution in [0, 0.1) is 0 Å². The summed E-state index contributed by atoms with van der Waals surface area (Å²) in [5.74, 6) is -3.06. The van der Waals surface area contributed by atoms with Gasteiger partial charge in [-0.15, -0.1) is 0 Å². The van der Waals surface area contributed by atoms with Crippen molar-refractivity contribution >= 4 is 9.84 Å². The van der Waals surface area contributed by atoms with Crippen LogP contribution in [-0.2, 0) is 9.84 Å². The van der Waals surface area contributed by atoms with Crippen molar-refractivity contribution in [3.63, 3.8) is 0 Å². The average molecular weight is 354 g/mol. The van der Waals surface area contributed by atoms with Crippen LogP contribution in [0.15, 0.2) is 17.0 Å². The Morgan fingerprint density at radius 1 is 1.22 bits per heavy atom. The van der Waals surface area contributed by atoms with Gasteiger partial charge in [0.05, 0.1) is 4.90 Å². The normalized spacial score (nSPS) is 29.9.